The van der Waals surface area contributed by atoms with Crippen LogP contribution < -0.4 is 0 Å². The molecule has 0 spiro atoms. The average Bonchev–Trinajstić information content (AvgIpc) is 2.14. The quantitative estimate of drug-likeness (QED) is 0.566. The predicted molar refractivity (Wildman–Crippen MR) is 67.6 cm³/mol. The van der Waals surface area contributed by atoms with Crippen LogP contribution >= 0.6 is 11.6 Å². The molecule has 0 aromatic heterocycles. The molecule has 0 radical (unpaired) electrons. The summed E-state index contributed by atoms with van der Waals surface area (Å²) < 4.78 is 5.61. The van der Waals surface area contributed by atoms with Gasteiger partial charge in [-0.3, -0.25) is 0 Å². The number of benzene rings is 1. The Labute approximate surface area is 97.5 Å². The molecule has 3 heteroatoms. The van der Waals surface area contributed by atoms with Gasteiger partial charge in [0.15, 0.2) is 8.32 Å². The van der Waals surface area contributed by atoms with Crippen LogP contribution in [0.15, 0.2) is 24.3 Å². The smallest absolute Gasteiger partial charge is 0.185 e. The molecule has 0 aliphatic heterocycles. The Morgan fingerprint density at radius 2 is 1.80 bits per heavy atom. The monoisotopic (exact) mass is 238 g/mol. The third-order valence-corrected chi connectivity index (χ3v) is 2.92. The molecule has 80 valence electrons. The first kappa shape index (κ1) is 12.3. The maximum absolute atomic E-state index is 5.77. The highest BCUT2D eigenvalue weighted by molar-refractivity contribution is 6.69. The molecule has 0 N–H and O–H groups in total. The third-order valence-electron chi connectivity index (χ3n) is 1.65. The highest BCUT2D eigenvalue weighted by Crippen LogP contribution is 2.08. The lowest BCUT2D eigenvalue weighted by Crippen LogP contribution is -2.25. The summed E-state index contributed by atoms with van der Waals surface area (Å²) in [5.74, 6) is 6.03. The van der Waals surface area contributed by atoms with Crippen LogP contribution in [-0.4, -0.2) is 14.9 Å². The summed E-state index contributed by atoms with van der Waals surface area (Å²) in [5, 5.41) is 0.735. The van der Waals surface area contributed by atoms with E-state index in [-0.39, 0.29) is 0 Å². The van der Waals surface area contributed by atoms with Crippen LogP contribution in [0.4, 0.5) is 0 Å². The molecule has 0 saturated heterocycles. The Morgan fingerprint density at radius 1 is 1.20 bits per heavy atom. The minimum atomic E-state index is -1.43. The van der Waals surface area contributed by atoms with E-state index in [0.29, 0.717) is 6.61 Å². The maximum atomic E-state index is 5.77. The molecule has 1 aromatic rings. The molecule has 1 nitrogen and oxygen atoms in total. The first-order chi connectivity index (χ1) is 6.97. The van der Waals surface area contributed by atoms with Gasteiger partial charge >= 0.3 is 0 Å². The number of hydrogen-bond donors (Lipinski definition) is 0. The fourth-order valence-electron chi connectivity index (χ4n) is 0.924. The van der Waals surface area contributed by atoms with E-state index in [9.17, 15) is 0 Å². The highest BCUT2D eigenvalue weighted by Gasteiger charge is 2.12. The molecular weight excluding hydrogens is 224 g/mol. The molecule has 15 heavy (non-hydrogen) atoms. The molecule has 0 unspecified atom stereocenters. The summed E-state index contributed by atoms with van der Waals surface area (Å²) in [4.78, 5) is 0. The van der Waals surface area contributed by atoms with E-state index < -0.39 is 8.32 Å². The van der Waals surface area contributed by atoms with E-state index in [2.05, 4.69) is 31.5 Å². The summed E-state index contributed by atoms with van der Waals surface area (Å²) in [6, 6.07) is 7.49. The van der Waals surface area contributed by atoms with Crippen LogP contribution in [-0.2, 0) is 4.43 Å². The van der Waals surface area contributed by atoms with Gasteiger partial charge in [0.2, 0.25) is 0 Å². The van der Waals surface area contributed by atoms with Gasteiger partial charge in [-0.2, -0.15) is 0 Å². The normalized spacial score (nSPS) is 10.7. The lowest BCUT2D eigenvalue weighted by Gasteiger charge is -2.13. The van der Waals surface area contributed by atoms with Crippen molar-refractivity contribution in [3.05, 3.63) is 34.9 Å². The minimum Gasteiger partial charge on any atom is -0.407 e. The van der Waals surface area contributed by atoms with Crippen molar-refractivity contribution in [2.75, 3.05) is 6.61 Å². The van der Waals surface area contributed by atoms with Crippen LogP contribution in [0.2, 0.25) is 24.7 Å². The first-order valence-electron chi connectivity index (χ1n) is 4.86. The standard InChI is InChI=1S/C12H15ClOSi/c1-15(2,3)14-10-4-5-11-6-8-12(13)9-7-11/h6-9H,10H2,1-3H3. The summed E-state index contributed by atoms with van der Waals surface area (Å²) in [7, 11) is -1.43. The summed E-state index contributed by atoms with van der Waals surface area (Å²) in [6.07, 6.45) is 0. The lowest BCUT2D eigenvalue weighted by molar-refractivity contribution is 0.365. The Balaban J connectivity index is 2.48. The van der Waals surface area contributed by atoms with Gasteiger partial charge in [0.1, 0.15) is 0 Å². The van der Waals surface area contributed by atoms with Crippen molar-refractivity contribution in [1.82, 2.24) is 0 Å². The molecule has 0 amide bonds. The third kappa shape index (κ3) is 5.63. The van der Waals surface area contributed by atoms with Crippen LogP contribution in [0.3, 0.4) is 0 Å². The van der Waals surface area contributed by atoms with Crippen molar-refractivity contribution in [3.63, 3.8) is 0 Å². The van der Waals surface area contributed by atoms with Gasteiger partial charge in [-0.25, -0.2) is 0 Å². The van der Waals surface area contributed by atoms with E-state index >= 15 is 0 Å². The van der Waals surface area contributed by atoms with E-state index in [0.717, 1.165) is 10.6 Å². The fraction of sp³-hybridized carbons (Fsp3) is 0.333. The topological polar surface area (TPSA) is 9.23 Å². The van der Waals surface area contributed by atoms with E-state index in [1.165, 1.54) is 0 Å². The van der Waals surface area contributed by atoms with Crippen LogP contribution in [0.25, 0.3) is 0 Å². The molecule has 0 heterocycles. The van der Waals surface area contributed by atoms with Crippen LogP contribution in [0.1, 0.15) is 5.56 Å². The number of rotatable bonds is 2. The van der Waals surface area contributed by atoms with Gasteiger partial charge < -0.3 is 4.43 Å². The molecular formula is C12H15ClOSi. The molecule has 0 saturated carbocycles. The molecule has 0 aliphatic rings. The largest absolute Gasteiger partial charge is 0.407 e. The molecule has 0 aliphatic carbocycles. The minimum absolute atomic E-state index is 0.512. The number of halogens is 1. The van der Waals surface area contributed by atoms with Gasteiger partial charge in [0.05, 0.1) is 6.61 Å². The van der Waals surface area contributed by atoms with Gasteiger partial charge in [0, 0.05) is 10.6 Å². The molecule has 0 atom stereocenters. The van der Waals surface area contributed by atoms with E-state index in [4.69, 9.17) is 16.0 Å². The van der Waals surface area contributed by atoms with Crippen molar-refractivity contribution >= 4 is 19.9 Å². The average molecular weight is 239 g/mol. The van der Waals surface area contributed by atoms with Gasteiger partial charge in [0.25, 0.3) is 0 Å². The zero-order valence-electron chi connectivity index (χ0n) is 9.30. The predicted octanol–water partition coefficient (Wildman–Crippen LogP) is 3.54. The maximum Gasteiger partial charge on any atom is 0.185 e. The SMILES string of the molecule is C[Si](C)(C)OCC#Cc1ccc(Cl)cc1. The lowest BCUT2D eigenvalue weighted by atomic mass is 10.2. The van der Waals surface area contributed by atoms with Crippen LogP contribution in [0.5, 0.6) is 0 Å². The second kappa shape index (κ2) is 5.36. The van der Waals surface area contributed by atoms with Crippen molar-refractivity contribution in [3.8, 4) is 11.8 Å². The second-order valence-electron chi connectivity index (χ2n) is 4.21. The Hall–Kier alpha value is -0.753. The molecule has 1 aromatic carbocycles. The van der Waals surface area contributed by atoms with Crippen molar-refractivity contribution in [2.24, 2.45) is 0 Å². The molecule has 0 fully saturated rings. The van der Waals surface area contributed by atoms with Gasteiger partial charge in [-0.05, 0) is 43.9 Å². The van der Waals surface area contributed by atoms with E-state index in [1.807, 2.05) is 24.3 Å². The van der Waals surface area contributed by atoms with Gasteiger partial charge in [-0.15, -0.1) is 0 Å². The first-order valence-corrected chi connectivity index (χ1v) is 8.64. The van der Waals surface area contributed by atoms with Crippen molar-refractivity contribution < 1.29 is 4.43 Å². The Bertz CT molecular complexity index is 367. The Morgan fingerprint density at radius 3 is 2.33 bits per heavy atom. The van der Waals surface area contributed by atoms with Crippen LogP contribution in [0, 0.1) is 11.8 Å². The zero-order chi connectivity index (χ0) is 11.3. The van der Waals surface area contributed by atoms with Crippen molar-refractivity contribution in [1.29, 1.82) is 0 Å². The fourth-order valence-corrected chi connectivity index (χ4v) is 1.56. The molecule has 1 rings (SSSR count). The second-order valence-corrected chi connectivity index (χ2v) is 9.16. The summed E-state index contributed by atoms with van der Waals surface area (Å²) in [5.41, 5.74) is 0.971. The van der Waals surface area contributed by atoms with E-state index in [1.54, 1.807) is 0 Å². The molecule has 0 bridgehead atoms. The van der Waals surface area contributed by atoms with Crippen molar-refractivity contribution in [2.45, 2.75) is 19.6 Å². The summed E-state index contributed by atoms with van der Waals surface area (Å²) >= 11 is 5.77. The zero-order valence-corrected chi connectivity index (χ0v) is 11.1. The van der Waals surface area contributed by atoms with Gasteiger partial charge in [-0.1, -0.05) is 23.4 Å². The Kier molecular flexibility index (Phi) is 4.40. The summed E-state index contributed by atoms with van der Waals surface area (Å²) in [6.45, 7) is 6.96. The highest BCUT2D eigenvalue weighted by atomic mass is 35.5. The number of hydrogen-bond acceptors (Lipinski definition) is 1.